The number of nitrogens with two attached hydrogens (primary N) is 2. The van der Waals surface area contributed by atoms with E-state index < -0.39 is 72.6 Å². The fourth-order valence-corrected chi connectivity index (χ4v) is 17.8. The van der Waals surface area contributed by atoms with E-state index in [2.05, 4.69) is 53.0 Å². The zero-order valence-corrected chi connectivity index (χ0v) is 51.1. The Hall–Kier alpha value is -7.62. The number of β-lactam (4-membered cyclic amide) rings is 2. The number of aliphatic carboxylic acids is 2. The third-order valence-electron chi connectivity index (χ3n) is 10.8. The van der Waals surface area contributed by atoms with Crippen LogP contribution in [0.5, 0.6) is 0 Å². The number of hydrogen-bond acceptors (Lipinski definition) is 29. The molecule has 0 bridgehead atoms. The number of hydrogen-bond donors (Lipinski definition) is 6. The van der Waals surface area contributed by atoms with Crippen molar-refractivity contribution in [3.63, 3.8) is 0 Å². The summed E-state index contributed by atoms with van der Waals surface area (Å²) in [7, 11) is -6.30. The minimum atomic E-state index is -5.10. The van der Waals surface area contributed by atoms with Crippen molar-refractivity contribution in [2.24, 2.45) is 35.9 Å². The lowest BCUT2D eigenvalue weighted by Crippen LogP contribution is -2.55. The second-order valence-electron chi connectivity index (χ2n) is 16.5. The molecule has 10 rings (SSSR count). The van der Waals surface area contributed by atoms with Gasteiger partial charge in [0.25, 0.3) is 11.8 Å². The molecular formula is C44H36N16O15P2S8. The topological polar surface area (TPSA) is 443 Å². The van der Waals surface area contributed by atoms with Crippen molar-refractivity contribution in [3.05, 3.63) is 92.7 Å². The average Bonchev–Trinajstić information content (AvgIpc) is 1.84. The summed E-state index contributed by atoms with van der Waals surface area (Å²) in [4.78, 5) is 118. The van der Waals surface area contributed by atoms with Crippen LogP contribution >= 0.6 is 108 Å². The highest BCUT2D eigenvalue weighted by atomic mass is 32.2. The number of thioether (sulfide) groups is 4. The number of aryl methyl sites for hydroxylation is 2. The number of rotatable bonds is 20. The van der Waals surface area contributed by atoms with Gasteiger partial charge in [0.15, 0.2) is 33.5 Å². The van der Waals surface area contributed by atoms with Crippen LogP contribution in [0.2, 0.25) is 0 Å². The third-order valence-corrected chi connectivity index (χ3v) is 21.9. The van der Waals surface area contributed by atoms with E-state index in [9.17, 15) is 57.9 Å². The molecule has 0 aliphatic carbocycles. The number of thiazole rings is 2. The van der Waals surface area contributed by atoms with Gasteiger partial charge in [-0.25, -0.2) is 28.2 Å². The van der Waals surface area contributed by atoms with Crippen LogP contribution in [0.4, 0.5) is 10.3 Å². The summed E-state index contributed by atoms with van der Waals surface area (Å²) in [6, 6.07) is 7.93. The van der Waals surface area contributed by atoms with Gasteiger partial charge in [0.2, 0.25) is 45.1 Å². The lowest BCUT2D eigenvalue weighted by atomic mass is 10.1. The molecular weight excluding hydrogens is 1310 g/mol. The van der Waals surface area contributed by atoms with Gasteiger partial charge < -0.3 is 50.7 Å². The molecule has 2 fully saturated rings. The number of primary amides is 2. The SMILES string of the molecule is C#CO/N=C(\C(N)=O)c1nsc(NP(=O)(O)OP(=O)(O)Nc2nc(/C(=N/OC#C)C(N)=O)ns2)n1.C[n+]1ccc(-c2csc(SC3=C(C(=O)[O-])N4C(=O)C[C@H]4SC3)n2)cc1.C[n+]1ccc(-c2csc(SC3=C(C(=O)[O-])N4C(=O)C[C@H]4SC3)n2)cc1. The number of carbonyl (C=O) groups excluding carboxylic acids is 6. The van der Waals surface area contributed by atoms with Gasteiger partial charge in [0.1, 0.15) is 26.3 Å². The smallest absolute Gasteiger partial charge is 0.440 e. The first-order valence-electron chi connectivity index (χ1n) is 23.0. The number of oxime groups is 2. The van der Waals surface area contributed by atoms with E-state index in [0.29, 0.717) is 57.2 Å². The lowest BCUT2D eigenvalue weighted by molar-refractivity contribution is -0.671. The highest BCUT2D eigenvalue weighted by molar-refractivity contribution is 8.07. The van der Waals surface area contributed by atoms with Crippen molar-refractivity contribution in [1.82, 2.24) is 38.5 Å². The molecule has 4 aliphatic rings. The maximum Gasteiger partial charge on any atom is 0.440 e. The molecule has 85 heavy (non-hydrogen) atoms. The number of pyridine rings is 2. The molecule has 6 aromatic rings. The molecule has 2 saturated heterocycles. The van der Waals surface area contributed by atoms with E-state index in [1.54, 1.807) is 35.7 Å². The number of anilines is 2. The second-order valence-corrected chi connectivity index (χ2v) is 27.9. The Morgan fingerprint density at radius 3 is 1.41 bits per heavy atom. The number of carbonyl (C=O) groups is 6. The van der Waals surface area contributed by atoms with Crippen molar-refractivity contribution >= 4 is 166 Å². The fourth-order valence-electron chi connectivity index (χ4n) is 7.03. The molecule has 4 atom stereocenters. The standard InChI is InChI=1S/2C16H13N3O3S3.C12H10N10O9P2S2/c2*1-18-4-2-9(3-5-18)10-7-24-16(17-10)25-11-8-23-13-6-12(20)19(13)14(11)15(21)22;1-3-29-17-5(7(13)23)9-15-11(34-21-9)19-32(25,26)31-33(27,28)20-12-16-10(22-35-12)6(8(14)24)18-30-4-2/h2*2-5,7,13H,6,8H2,1H3;1-2H,(H2,13,23)(H2,14,24)(H2,15,19,21,25,26)(H2,16,20,22,27,28)/b;;17-5+,18-6+/t2*13-;/m11./s1. The molecule has 0 spiro atoms. The number of carboxylic acids is 2. The quantitative estimate of drug-likeness (QED) is 0.0153. The van der Waals surface area contributed by atoms with Crippen LogP contribution in [0.15, 0.2) is 100 Å². The molecule has 6 aromatic heterocycles. The Morgan fingerprint density at radius 2 is 1.08 bits per heavy atom. The Labute approximate surface area is 511 Å². The van der Waals surface area contributed by atoms with Gasteiger partial charge in [-0.2, -0.15) is 23.0 Å². The number of nitrogens with one attached hydrogen (secondary N) is 2. The molecule has 0 radical (unpaired) electrons. The third kappa shape index (κ3) is 16.0. The number of amides is 4. The van der Waals surface area contributed by atoms with Crippen LogP contribution in [0.1, 0.15) is 24.5 Å². The molecule has 440 valence electrons. The van der Waals surface area contributed by atoms with E-state index in [1.165, 1.54) is 56.0 Å². The van der Waals surface area contributed by atoms with Gasteiger partial charge in [-0.3, -0.25) is 39.2 Å². The van der Waals surface area contributed by atoms with E-state index in [-0.39, 0.29) is 34.0 Å². The van der Waals surface area contributed by atoms with Crippen molar-refractivity contribution in [1.29, 1.82) is 0 Å². The van der Waals surface area contributed by atoms with Crippen molar-refractivity contribution < 1.29 is 81.0 Å². The van der Waals surface area contributed by atoms with E-state index in [1.807, 2.05) is 93.2 Å². The Bertz CT molecular complexity index is 3700. The first kappa shape index (κ1) is 63.4. The van der Waals surface area contributed by atoms with Gasteiger partial charge >= 0.3 is 15.5 Å². The summed E-state index contributed by atoms with van der Waals surface area (Å²) in [5, 5.41) is 36.0. The van der Waals surface area contributed by atoms with Gasteiger partial charge in [0, 0.05) is 90.5 Å². The van der Waals surface area contributed by atoms with Crippen LogP contribution in [-0.2, 0) is 66.0 Å². The van der Waals surface area contributed by atoms with E-state index in [0.717, 1.165) is 31.2 Å². The van der Waals surface area contributed by atoms with Crippen LogP contribution in [0, 0.1) is 25.1 Å². The van der Waals surface area contributed by atoms with Crippen molar-refractivity contribution in [2.75, 3.05) is 21.7 Å². The summed E-state index contributed by atoms with van der Waals surface area (Å²) in [5.41, 5.74) is 12.7. The summed E-state index contributed by atoms with van der Waals surface area (Å²) in [5.74, 6) is -4.95. The fraction of sp³-hybridized carbons (Fsp3) is 0.182. The predicted octanol–water partition coefficient (Wildman–Crippen LogP) is 0.711. The molecule has 4 amide bonds. The largest absolute Gasteiger partial charge is 0.543 e. The maximum absolute atomic E-state index is 12.3. The zero-order chi connectivity index (χ0) is 61.3. The number of nitrogens with zero attached hydrogens (tertiary/aromatic N) is 12. The van der Waals surface area contributed by atoms with Crippen LogP contribution in [0.3, 0.4) is 0 Å². The lowest BCUT2D eigenvalue weighted by Gasteiger charge is -2.45. The molecule has 8 N–H and O–H groups in total. The number of aromatic nitrogens is 8. The Balaban J connectivity index is 0.000000169. The summed E-state index contributed by atoms with van der Waals surface area (Å²) in [6.07, 6.45) is 21.6. The molecule has 4 aliphatic heterocycles. The highest BCUT2D eigenvalue weighted by Crippen LogP contribution is 2.58. The minimum Gasteiger partial charge on any atom is -0.543 e. The Morgan fingerprint density at radius 1 is 0.706 bits per heavy atom. The molecule has 2 unspecified atom stereocenters. The highest BCUT2D eigenvalue weighted by Gasteiger charge is 2.45. The van der Waals surface area contributed by atoms with Gasteiger partial charge in [0.05, 0.1) is 58.3 Å². The minimum absolute atomic E-state index is 0.00786. The average molecular weight is 1350 g/mol. The van der Waals surface area contributed by atoms with Crippen molar-refractivity contribution in [2.45, 2.75) is 32.3 Å². The van der Waals surface area contributed by atoms with Crippen LogP contribution < -0.4 is 41.0 Å². The normalized spacial score (nSPS) is 17.7. The van der Waals surface area contributed by atoms with Crippen LogP contribution in [-0.4, -0.2) is 118 Å². The van der Waals surface area contributed by atoms with Gasteiger partial charge in [-0.05, 0) is 0 Å². The summed E-state index contributed by atoms with van der Waals surface area (Å²) >= 11 is 9.55. The maximum atomic E-state index is 12.3. The first-order valence-corrected chi connectivity index (χ1v) is 33.2. The van der Waals surface area contributed by atoms with Crippen LogP contribution in [0.25, 0.3) is 22.5 Å². The van der Waals surface area contributed by atoms with E-state index in [4.69, 9.17) is 24.3 Å². The molecule has 31 nitrogen and oxygen atoms in total. The molecule has 41 heteroatoms. The number of terminal acetylenes is 2. The Kier molecular flexibility index (Phi) is 20.6. The monoisotopic (exact) mass is 1350 g/mol. The van der Waals surface area contributed by atoms with Crippen molar-refractivity contribution in [3.8, 4) is 47.6 Å². The van der Waals surface area contributed by atoms with Gasteiger partial charge in [-0.1, -0.05) is 46.7 Å². The number of carboxylic acid groups (broad SMARTS) is 2. The molecule has 0 aromatic carbocycles. The zero-order valence-electron chi connectivity index (χ0n) is 42.8. The second kappa shape index (κ2) is 27.6. The molecule has 10 heterocycles. The summed E-state index contributed by atoms with van der Waals surface area (Å²) in [6.45, 7) is 0. The number of fused-ring (bicyclic) bond motifs is 2. The van der Waals surface area contributed by atoms with Gasteiger partial charge in [-0.15, -0.1) is 46.2 Å². The first-order chi connectivity index (χ1) is 40.4. The summed E-state index contributed by atoms with van der Waals surface area (Å²) < 4.78 is 41.6. The molecule has 0 saturated carbocycles. The predicted molar refractivity (Wildman–Crippen MR) is 308 cm³/mol. The van der Waals surface area contributed by atoms with E-state index >= 15 is 0 Å².